The van der Waals surface area contributed by atoms with Crippen LogP contribution in [0.3, 0.4) is 0 Å². The number of anilines is 1. The molecule has 1 aromatic carbocycles. The van der Waals surface area contributed by atoms with Crippen LogP contribution in [0.15, 0.2) is 41.7 Å². The lowest BCUT2D eigenvalue weighted by molar-refractivity contribution is 0.376. The molecular weight excluding hydrogens is 368 g/mol. The molecule has 0 aliphatic rings. The largest absolute Gasteiger partial charge is 0.291 e. The Balaban J connectivity index is 2.66. The normalized spacial score (nSPS) is 12.9. The highest BCUT2D eigenvalue weighted by Gasteiger charge is 2.26. The monoisotopic (exact) mass is 406 g/mol. The Labute approximate surface area is 183 Å². The zero-order valence-corrected chi connectivity index (χ0v) is 20.2. The molecule has 4 heteroatoms. The molecule has 30 heavy (non-hydrogen) atoms. The van der Waals surface area contributed by atoms with Crippen LogP contribution in [0.25, 0.3) is 0 Å². The SMILES string of the molecule is Cc1cc(CC(C)(C)C)cc(C)c1N(C=N)C(=NC(C)(C)C(C)C)c1cccnc1. The van der Waals surface area contributed by atoms with Crippen LogP contribution in [0, 0.1) is 30.6 Å². The van der Waals surface area contributed by atoms with E-state index in [9.17, 15) is 0 Å². The summed E-state index contributed by atoms with van der Waals surface area (Å²) < 4.78 is 0. The molecule has 4 nitrogen and oxygen atoms in total. The minimum absolute atomic E-state index is 0.227. The molecule has 2 aromatic rings. The van der Waals surface area contributed by atoms with Gasteiger partial charge in [0.25, 0.3) is 0 Å². The molecule has 0 aliphatic heterocycles. The van der Waals surface area contributed by atoms with Crippen molar-refractivity contribution >= 4 is 17.9 Å². The highest BCUT2D eigenvalue weighted by molar-refractivity contribution is 6.19. The van der Waals surface area contributed by atoms with Crippen molar-refractivity contribution in [1.29, 1.82) is 5.41 Å². The van der Waals surface area contributed by atoms with E-state index in [0.29, 0.717) is 5.92 Å². The number of pyridine rings is 1. The summed E-state index contributed by atoms with van der Waals surface area (Å²) >= 11 is 0. The van der Waals surface area contributed by atoms with Crippen molar-refractivity contribution in [1.82, 2.24) is 4.98 Å². The van der Waals surface area contributed by atoms with Crippen LogP contribution in [0.4, 0.5) is 5.69 Å². The molecule has 0 spiro atoms. The van der Waals surface area contributed by atoms with Crippen molar-refractivity contribution < 1.29 is 0 Å². The van der Waals surface area contributed by atoms with Gasteiger partial charge < -0.3 is 0 Å². The summed E-state index contributed by atoms with van der Waals surface area (Å²) in [6.45, 7) is 19.7. The number of nitrogens with one attached hydrogen (secondary N) is 1. The number of hydrogen-bond acceptors (Lipinski definition) is 3. The fourth-order valence-electron chi connectivity index (χ4n) is 3.53. The van der Waals surface area contributed by atoms with Crippen molar-refractivity contribution in [3.63, 3.8) is 0 Å². The average molecular weight is 407 g/mol. The van der Waals surface area contributed by atoms with Gasteiger partial charge in [0.1, 0.15) is 5.84 Å². The van der Waals surface area contributed by atoms with Gasteiger partial charge in [-0.25, -0.2) is 0 Å². The number of aromatic nitrogens is 1. The quantitative estimate of drug-likeness (QED) is 0.435. The maximum absolute atomic E-state index is 8.28. The van der Waals surface area contributed by atoms with Gasteiger partial charge in [-0.3, -0.25) is 20.3 Å². The van der Waals surface area contributed by atoms with Crippen LogP contribution in [-0.4, -0.2) is 22.7 Å². The lowest BCUT2D eigenvalue weighted by atomic mass is 9.86. The lowest BCUT2D eigenvalue weighted by Crippen LogP contribution is -2.36. The van der Waals surface area contributed by atoms with Crippen LogP contribution >= 0.6 is 0 Å². The molecule has 0 saturated carbocycles. The van der Waals surface area contributed by atoms with Gasteiger partial charge in [-0.05, 0) is 74.3 Å². The Morgan fingerprint density at radius 2 is 1.73 bits per heavy atom. The molecule has 0 bridgehead atoms. The van der Waals surface area contributed by atoms with Crippen LogP contribution < -0.4 is 4.90 Å². The molecule has 1 aromatic heterocycles. The molecule has 162 valence electrons. The number of benzene rings is 1. The van der Waals surface area contributed by atoms with Gasteiger partial charge in [0.15, 0.2) is 0 Å². The number of aliphatic imine (C=N–C) groups is 1. The second-order valence-corrected chi connectivity index (χ2v) is 10.3. The lowest BCUT2D eigenvalue weighted by Gasteiger charge is -2.31. The Bertz CT molecular complexity index is 879. The zero-order chi connectivity index (χ0) is 22.7. The molecule has 0 fully saturated rings. The Hall–Kier alpha value is -2.49. The Morgan fingerprint density at radius 1 is 1.13 bits per heavy atom. The van der Waals surface area contributed by atoms with E-state index in [1.54, 1.807) is 6.20 Å². The summed E-state index contributed by atoms with van der Waals surface area (Å²) in [7, 11) is 0. The molecule has 0 unspecified atom stereocenters. The van der Waals surface area contributed by atoms with E-state index in [2.05, 4.69) is 79.4 Å². The van der Waals surface area contributed by atoms with Crippen LogP contribution in [-0.2, 0) is 6.42 Å². The summed E-state index contributed by atoms with van der Waals surface area (Å²) in [5.41, 5.74) is 5.50. The second kappa shape index (κ2) is 9.11. The predicted molar refractivity (Wildman–Crippen MR) is 130 cm³/mol. The molecule has 2 rings (SSSR count). The van der Waals surface area contributed by atoms with E-state index in [-0.39, 0.29) is 11.0 Å². The number of aryl methyl sites for hydroxylation is 2. The smallest absolute Gasteiger partial charge is 0.142 e. The maximum atomic E-state index is 8.28. The summed E-state index contributed by atoms with van der Waals surface area (Å²) in [5.74, 6) is 1.11. The Morgan fingerprint density at radius 3 is 2.17 bits per heavy atom. The molecule has 0 aliphatic carbocycles. The van der Waals surface area contributed by atoms with Crippen LogP contribution in [0.1, 0.15) is 70.7 Å². The van der Waals surface area contributed by atoms with Gasteiger partial charge in [0.05, 0.1) is 17.6 Å². The highest BCUT2D eigenvalue weighted by atomic mass is 15.2. The van der Waals surface area contributed by atoms with E-state index in [1.807, 2.05) is 23.2 Å². The van der Waals surface area contributed by atoms with Crippen molar-refractivity contribution in [3.8, 4) is 0 Å². The van der Waals surface area contributed by atoms with E-state index < -0.39 is 0 Å². The number of rotatable bonds is 6. The van der Waals surface area contributed by atoms with Crippen molar-refractivity contribution in [2.75, 3.05) is 4.90 Å². The molecule has 0 radical (unpaired) electrons. The van der Waals surface area contributed by atoms with Gasteiger partial charge in [-0.2, -0.15) is 0 Å². The average Bonchev–Trinajstić information content (AvgIpc) is 2.62. The molecule has 1 N–H and O–H groups in total. The van der Waals surface area contributed by atoms with Crippen molar-refractivity contribution in [2.45, 2.75) is 74.3 Å². The minimum atomic E-state index is -0.277. The van der Waals surface area contributed by atoms with Crippen LogP contribution in [0.2, 0.25) is 0 Å². The van der Waals surface area contributed by atoms with Gasteiger partial charge in [-0.15, -0.1) is 0 Å². The molecule has 0 atom stereocenters. The van der Waals surface area contributed by atoms with Crippen molar-refractivity contribution in [2.24, 2.45) is 16.3 Å². The number of hydrogen-bond donors (Lipinski definition) is 1. The predicted octanol–water partition coefficient (Wildman–Crippen LogP) is 6.58. The van der Waals surface area contributed by atoms with Gasteiger partial charge in [0, 0.05) is 18.0 Å². The fourth-order valence-corrected chi connectivity index (χ4v) is 3.53. The first-order valence-electron chi connectivity index (χ1n) is 10.8. The van der Waals surface area contributed by atoms with E-state index in [4.69, 9.17) is 10.4 Å². The summed E-state index contributed by atoms with van der Waals surface area (Å²) in [5, 5.41) is 8.28. The third-order valence-electron chi connectivity index (χ3n) is 5.61. The first-order chi connectivity index (χ1) is 13.9. The number of nitrogens with zero attached hydrogens (tertiary/aromatic N) is 3. The summed E-state index contributed by atoms with van der Waals surface area (Å²) in [4.78, 5) is 11.4. The summed E-state index contributed by atoms with van der Waals surface area (Å²) in [6, 6.07) is 8.43. The van der Waals surface area contributed by atoms with Crippen LogP contribution in [0.5, 0.6) is 0 Å². The zero-order valence-electron chi connectivity index (χ0n) is 20.2. The molecule has 1 heterocycles. The summed E-state index contributed by atoms with van der Waals surface area (Å²) in [6.07, 6.45) is 5.98. The third kappa shape index (κ3) is 5.78. The first kappa shape index (κ1) is 23.8. The van der Waals surface area contributed by atoms with Gasteiger partial charge in [0.2, 0.25) is 0 Å². The van der Waals surface area contributed by atoms with Gasteiger partial charge in [-0.1, -0.05) is 46.8 Å². The fraction of sp³-hybridized carbons (Fsp3) is 0.500. The molecule has 0 amide bonds. The molecule has 0 saturated heterocycles. The van der Waals surface area contributed by atoms with E-state index in [1.165, 1.54) is 11.9 Å². The second-order valence-electron chi connectivity index (χ2n) is 10.3. The highest BCUT2D eigenvalue weighted by Crippen LogP contribution is 2.31. The standard InChI is InChI=1S/C26H38N4/c1-18(2)26(8,9)29-24(22-11-10-12-28-16-22)30(17-27)23-19(3)13-21(14-20(23)4)15-25(5,6)7/h10-14,16-18,27H,15H2,1-9H3. The van der Waals surface area contributed by atoms with Gasteiger partial charge >= 0.3 is 0 Å². The number of amidine groups is 1. The topological polar surface area (TPSA) is 52.3 Å². The first-order valence-corrected chi connectivity index (χ1v) is 10.8. The van der Waals surface area contributed by atoms with E-state index in [0.717, 1.165) is 34.6 Å². The Kier molecular flexibility index (Phi) is 7.23. The minimum Gasteiger partial charge on any atom is -0.291 e. The third-order valence-corrected chi connectivity index (χ3v) is 5.61. The van der Waals surface area contributed by atoms with Crippen molar-refractivity contribution in [3.05, 3.63) is 58.9 Å². The van der Waals surface area contributed by atoms with E-state index >= 15 is 0 Å². The molecular formula is C26H38N4. The maximum Gasteiger partial charge on any atom is 0.142 e.